The summed E-state index contributed by atoms with van der Waals surface area (Å²) >= 11 is 0. The van der Waals surface area contributed by atoms with Crippen LogP contribution in [0.5, 0.6) is 0 Å². The van der Waals surface area contributed by atoms with Crippen LogP contribution in [0, 0.1) is 0 Å². The van der Waals surface area contributed by atoms with E-state index in [0.29, 0.717) is 0 Å². The fraction of sp³-hybridized carbons (Fsp3) is 0.500. The van der Waals surface area contributed by atoms with Gasteiger partial charge in [-0.05, 0) is 18.9 Å². The molecule has 0 spiro atoms. The number of rotatable bonds is 0. The molecule has 1 atom stereocenters. The van der Waals surface area contributed by atoms with Gasteiger partial charge in [0.1, 0.15) is 0 Å². The lowest BCUT2D eigenvalue weighted by atomic mass is 10.1. The predicted octanol–water partition coefficient (Wildman–Crippen LogP) is 0.261. The molecule has 0 aliphatic carbocycles. The average Bonchev–Trinajstić information content (AvgIpc) is 2.49. The zero-order valence-electron chi connectivity index (χ0n) is 8.53. The Balaban J connectivity index is 2.45. The molecule has 4 nitrogen and oxygen atoms in total. The molecule has 0 aromatic carbocycles. The average molecular weight is 193 g/mol. The molecule has 2 rings (SSSR count). The molecule has 0 fully saturated rings. The highest BCUT2D eigenvalue weighted by Gasteiger charge is 2.26. The standard InChI is InChI=1S/C10H15N3O/c1-12-6-5-9-8(12)4-3-7(11)10(14)13(9)2/h5-7H,3-4,11H2,1-2H3. The molecular formula is C10H15N3O. The van der Waals surface area contributed by atoms with Crippen LogP contribution >= 0.6 is 0 Å². The van der Waals surface area contributed by atoms with Gasteiger partial charge < -0.3 is 15.2 Å². The quantitative estimate of drug-likeness (QED) is 0.642. The van der Waals surface area contributed by atoms with Gasteiger partial charge in [0.25, 0.3) is 0 Å². The number of nitrogens with two attached hydrogens (primary N) is 1. The number of likely N-dealkylation sites (N-methyl/N-ethyl adjacent to an activating group) is 1. The van der Waals surface area contributed by atoms with Crippen LogP contribution in [0.15, 0.2) is 12.3 Å². The van der Waals surface area contributed by atoms with Crippen LogP contribution in [0.2, 0.25) is 0 Å². The third-order valence-corrected chi connectivity index (χ3v) is 2.88. The lowest BCUT2D eigenvalue weighted by Crippen LogP contribution is -2.40. The predicted molar refractivity (Wildman–Crippen MR) is 55.1 cm³/mol. The number of hydrogen-bond donors (Lipinski definition) is 1. The van der Waals surface area contributed by atoms with Gasteiger partial charge in [0, 0.05) is 26.0 Å². The fourth-order valence-electron chi connectivity index (χ4n) is 1.94. The van der Waals surface area contributed by atoms with Crippen LogP contribution in [0.3, 0.4) is 0 Å². The van der Waals surface area contributed by atoms with Gasteiger partial charge in [0.2, 0.25) is 5.91 Å². The van der Waals surface area contributed by atoms with Crippen molar-refractivity contribution in [2.75, 3.05) is 11.9 Å². The van der Waals surface area contributed by atoms with Crippen molar-refractivity contribution in [1.29, 1.82) is 0 Å². The van der Waals surface area contributed by atoms with E-state index in [1.54, 1.807) is 11.9 Å². The van der Waals surface area contributed by atoms with Crippen molar-refractivity contribution < 1.29 is 4.79 Å². The molecule has 0 saturated carbocycles. The SMILES string of the molecule is CN1C(=O)C(N)CCc2c1ccn2C. The van der Waals surface area contributed by atoms with Crippen molar-refractivity contribution in [3.63, 3.8) is 0 Å². The number of nitrogens with zero attached hydrogens (tertiary/aromatic N) is 2. The summed E-state index contributed by atoms with van der Waals surface area (Å²) in [5.74, 6) is 0.00921. The summed E-state index contributed by atoms with van der Waals surface area (Å²) in [7, 11) is 3.78. The monoisotopic (exact) mass is 193 g/mol. The zero-order valence-corrected chi connectivity index (χ0v) is 8.53. The van der Waals surface area contributed by atoms with E-state index in [-0.39, 0.29) is 11.9 Å². The number of carbonyl (C=O) groups is 1. The van der Waals surface area contributed by atoms with Crippen molar-refractivity contribution in [1.82, 2.24) is 4.57 Å². The van der Waals surface area contributed by atoms with E-state index in [2.05, 4.69) is 4.57 Å². The second kappa shape index (κ2) is 3.13. The lowest BCUT2D eigenvalue weighted by molar-refractivity contribution is -0.119. The van der Waals surface area contributed by atoms with E-state index < -0.39 is 0 Å². The van der Waals surface area contributed by atoms with E-state index in [1.807, 2.05) is 19.3 Å². The molecule has 1 aromatic heterocycles. The van der Waals surface area contributed by atoms with Crippen molar-refractivity contribution in [3.8, 4) is 0 Å². The number of hydrogen-bond acceptors (Lipinski definition) is 2. The number of aryl methyl sites for hydroxylation is 1. The van der Waals surface area contributed by atoms with Gasteiger partial charge >= 0.3 is 0 Å². The van der Waals surface area contributed by atoms with Gasteiger partial charge in [-0.3, -0.25) is 4.79 Å². The number of aromatic nitrogens is 1. The highest BCUT2D eigenvalue weighted by atomic mass is 16.2. The van der Waals surface area contributed by atoms with Gasteiger partial charge in [0.05, 0.1) is 11.7 Å². The summed E-state index contributed by atoms with van der Waals surface area (Å²) in [5.41, 5.74) is 7.94. The third-order valence-electron chi connectivity index (χ3n) is 2.88. The van der Waals surface area contributed by atoms with E-state index >= 15 is 0 Å². The van der Waals surface area contributed by atoms with Gasteiger partial charge in [-0.15, -0.1) is 0 Å². The second-order valence-electron chi connectivity index (χ2n) is 3.80. The van der Waals surface area contributed by atoms with E-state index in [1.165, 1.54) is 5.69 Å². The molecular weight excluding hydrogens is 178 g/mol. The smallest absolute Gasteiger partial charge is 0.243 e. The normalized spacial score (nSPS) is 22.1. The van der Waals surface area contributed by atoms with E-state index in [4.69, 9.17) is 5.73 Å². The maximum Gasteiger partial charge on any atom is 0.243 e. The summed E-state index contributed by atoms with van der Waals surface area (Å²) in [6.07, 6.45) is 3.58. The Morgan fingerprint density at radius 3 is 2.93 bits per heavy atom. The minimum Gasteiger partial charge on any atom is -0.353 e. The number of amides is 1. The summed E-state index contributed by atoms with van der Waals surface area (Å²) in [6.45, 7) is 0. The maximum absolute atomic E-state index is 11.7. The molecule has 76 valence electrons. The maximum atomic E-state index is 11.7. The van der Waals surface area contributed by atoms with Gasteiger partial charge in [-0.2, -0.15) is 0 Å². The first-order valence-electron chi connectivity index (χ1n) is 4.78. The molecule has 1 aliphatic rings. The number of anilines is 1. The fourth-order valence-corrected chi connectivity index (χ4v) is 1.94. The number of carbonyl (C=O) groups excluding carboxylic acids is 1. The molecule has 14 heavy (non-hydrogen) atoms. The topological polar surface area (TPSA) is 51.3 Å². The minimum absolute atomic E-state index is 0.00921. The van der Waals surface area contributed by atoms with Crippen LogP contribution < -0.4 is 10.6 Å². The molecule has 0 radical (unpaired) electrons. The Hall–Kier alpha value is -1.29. The molecule has 1 amide bonds. The van der Waals surface area contributed by atoms with Crippen LogP contribution in [0.25, 0.3) is 0 Å². The Morgan fingerprint density at radius 1 is 1.50 bits per heavy atom. The Labute approximate surface area is 83.3 Å². The van der Waals surface area contributed by atoms with Gasteiger partial charge in [-0.25, -0.2) is 0 Å². The highest BCUT2D eigenvalue weighted by Crippen LogP contribution is 2.25. The first-order chi connectivity index (χ1) is 6.61. The lowest BCUT2D eigenvalue weighted by Gasteiger charge is -2.17. The third kappa shape index (κ3) is 1.23. The van der Waals surface area contributed by atoms with Crippen molar-refractivity contribution >= 4 is 11.6 Å². The Kier molecular flexibility index (Phi) is 2.07. The number of fused-ring (bicyclic) bond motifs is 1. The van der Waals surface area contributed by atoms with Crippen LogP contribution in [-0.2, 0) is 18.3 Å². The molecule has 4 heteroatoms. The summed E-state index contributed by atoms with van der Waals surface area (Å²) < 4.78 is 2.05. The van der Waals surface area contributed by atoms with Gasteiger partial charge in [-0.1, -0.05) is 0 Å². The summed E-state index contributed by atoms with van der Waals surface area (Å²) in [6, 6.07) is 1.61. The first kappa shape index (κ1) is 9.27. The molecule has 2 N–H and O–H groups in total. The van der Waals surface area contributed by atoms with E-state index in [9.17, 15) is 4.79 Å². The van der Waals surface area contributed by atoms with Crippen molar-refractivity contribution in [2.45, 2.75) is 18.9 Å². The molecule has 0 saturated heterocycles. The molecule has 1 aromatic rings. The van der Waals surface area contributed by atoms with Crippen molar-refractivity contribution in [2.24, 2.45) is 12.8 Å². The van der Waals surface area contributed by atoms with Crippen molar-refractivity contribution in [3.05, 3.63) is 18.0 Å². The largest absolute Gasteiger partial charge is 0.353 e. The van der Waals surface area contributed by atoms with Crippen LogP contribution in [0.1, 0.15) is 12.1 Å². The highest BCUT2D eigenvalue weighted by molar-refractivity contribution is 5.97. The second-order valence-corrected chi connectivity index (χ2v) is 3.80. The molecule has 1 aliphatic heterocycles. The Morgan fingerprint density at radius 2 is 2.21 bits per heavy atom. The van der Waals surface area contributed by atoms with Gasteiger partial charge in [0.15, 0.2) is 0 Å². The first-order valence-corrected chi connectivity index (χ1v) is 4.78. The minimum atomic E-state index is -0.354. The molecule has 1 unspecified atom stereocenters. The van der Waals surface area contributed by atoms with Crippen LogP contribution in [-0.4, -0.2) is 23.6 Å². The van der Waals surface area contributed by atoms with E-state index in [0.717, 1.165) is 18.5 Å². The van der Waals surface area contributed by atoms with Crippen LogP contribution in [0.4, 0.5) is 5.69 Å². The molecule has 2 heterocycles. The zero-order chi connectivity index (χ0) is 10.3. The molecule has 0 bridgehead atoms. The Bertz CT molecular complexity index is 369. The summed E-state index contributed by atoms with van der Waals surface area (Å²) in [5, 5.41) is 0. The summed E-state index contributed by atoms with van der Waals surface area (Å²) in [4.78, 5) is 13.4.